The average Bonchev–Trinajstić information content (AvgIpc) is 2.08. The second-order valence-electron chi connectivity index (χ2n) is 2.59. The number of halogens is 1. The number of anilines is 1. The fraction of sp³-hybridized carbons (Fsp3) is 0.222. The van der Waals surface area contributed by atoms with Crippen LogP contribution in [0.15, 0.2) is 12.1 Å². The van der Waals surface area contributed by atoms with Gasteiger partial charge in [0.05, 0.1) is 18.4 Å². The van der Waals surface area contributed by atoms with E-state index in [4.69, 9.17) is 10.5 Å². The van der Waals surface area contributed by atoms with E-state index >= 15 is 0 Å². The summed E-state index contributed by atoms with van der Waals surface area (Å²) in [6.45, 7) is 1.31. The summed E-state index contributed by atoms with van der Waals surface area (Å²) in [5, 5.41) is 0. The number of benzene rings is 1. The van der Waals surface area contributed by atoms with Gasteiger partial charge >= 0.3 is 0 Å². The molecule has 0 radical (unpaired) electrons. The first-order valence-corrected chi connectivity index (χ1v) is 3.70. The van der Waals surface area contributed by atoms with Crippen LogP contribution in [0.2, 0.25) is 0 Å². The van der Waals surface area contributed by atoms with Crippen molar-refractivity contribution >= 4 is 11.5 Å². The van der Waals surface area contributed by atoms with Gasteiger partial charge in [-0.25, -0.2) is 4.39 Å². The summed E-state index contributed by atoms with van der Waals surface area (Å²) in [5.41, 5.74) is 5.32. The number of carbonyl (C=O) groups excluding carboxylic acids is 1. The highest BCUT2D eigenvalue weighted by Crippen LogP contribution is 2.26. The molecule has 0 saturated heterocycles. The number of hydrogen-bond acceptors (Lipinski definition) is 3. The second kappa shape index (κ2) is 3.43. The quantitative estimate of drug-likeness (QED) is 0.560. The molecule has 0 unspecified atom stereocenters. The Bertz CT molecular complexity index is 350. The number of methoxy groups -OCH3 is 1. The van der Waals surface area contributed by atoms with Gasteiger partial charge in [-0.1, -0.05) is 0 Å². The molecule has 0 bridgehead atoms. The summed E-state index contributed by atoms with van der Waals surface area (Å²) in [6.07, 6.45) is 0. The monoisotopic (exact) mass is 183 g/mol. The molecule has 4 heteroatoms. The predicted molar refractivity (Wildman–Crippen MR) is 47.4 cm³/mol. The molecular weight excluding hydrogens is 173 g/mol. The van der Waals surface area contributed by atoms with E-state index in [2.05, 4.69) is 0 Å². The summed E-state index contributed by atoms with van der Waals surface area (Å²) in [5.74, 6) is -0.619. The van der Waals surface area contributed by atoms with Crippen molar-refractivity contribution in [2.45, 2.75) is 6.92 Å². The number of carbonyl (C=O) groups is 1. The van der Waals surface area contributed by atoms with Crippen molar-refractivity contribution in [1.82, 2.24) is 0 Å². The van der Waals surface area contributed by atoms with Crippen LogP contribution in [0.4, 0.5) is 10.1 Å². The van der Waals surface area contributed by atoms with Gasteiger partial charge < -0.3 is 10.5 Å². The van der Waals surface area contributed by atoms with Crippen molar-refractivity contribution < 1.29 is 13.9 Å². The molecule has 0 fully saturated rings. The molecule has 1 rings (SSSR count). The molecule has 0 saturated carbocycles. The molecule has 1 aromatic carbocycles. The van der Waals surface area contributed by atoms with Gasteiger partial charge in [-0.3, -0.25) is 4.79 Å². The first-order valence-electron chi connectivity index (χ1n) is 3.70. The number of hydrogen-bond donors (Lipinski definition) is 1. The molecule has 0 heterocycles. The number of nitrogen functional groups attached to an aromatic ring is 1. The average molecular weight is 183 g/mol. The van der Waals surface area contributed by atoms with Crippen LogP contribution in [0, 0.1) is 5.82 Å². The lowest BCUT2D eigenvalue weighted by molar-refractivity contribution is 0.101. The summed E-state index contributed by atoms with van der Waals surface area (Å²) in [6, 6.07) is 2.54. The highest BCUT2D eigenvalue weighted by Gasteiger charge is 2.14. The van der Waals surface area contributed by atoms with Crippen LogP contribution < -0.4 is 10.5 Å². The van der Waals surface area contributed by atoms with Gasteiger partial charge in [0, 0.05) is 0 Å². The number of ether oxygens (including phenoxy) is 1. The molecular formula is C9H10FNO2. The van der Waals surface area contributed by atoms with E-state index in [1.54, 1.807) is 0 Å². The Balaban J connectivity index is 3.41. The van der Waals surface area contributed by atoms with E-state index in [0.29, 0.717) is 5.75 Å². The van der Waals surface area contributed by atoms with Crippen molar-refractivity contribution in [3.05, 3.63) is 23.5 Å². The zero-order valence-corrected chi connectivity index (χ0v) is 7.43. The van der Waals surface area contributed by atoms with Gasteiger partial charge in [0.15, 0.2) is 5.78 Å². The maximum Gasteiger partial charge on any atom is 0.165 e. The fourth-order valence-corrected chi connectivity index (χ4v) is 1.11. The Morgan fingerprint density at radius 3 is 2.62 bits per heavy atom. The van der Waals surface area contributed by atoms with Crippen molar-refractivity contribution in [3.8, 4) is 5.75 Å². The number of ketones is 1. The van der Waals surface area contributed by atoms with E-state index < -0.39 is 5.82 Å². The molecule has 0 atom stereocenters. The normalized spacial score (nSPS) is 9.77. The van der Waals surface area contributed by atoms with E-state index in [1.807, 2.05) is 0 Å². The molecule has 1 aromatic rings. The third-order valence-electron chi connectivity index (χ3n) is 1.73. The number of rotatable bonds is 2. The minimum absolute atomic E-state index is 0.0995. The summed E-state index contributed by atoms with van der Waals surface area (Å²) < 4.78 is 17.8. The molecule has 0 aliphatic rings. The van der Waals surface area contributed by atoms with Crippen LogP contribution in [0.5, 0.6) is 5.75 Å². The fourth-order valence-electron chi connectivity index (χ4n) is 1.11. The Morgan fingerprint density at radius 2 is 2.15 bits per heavy atom. The third-order valence-corrected chi connectivity index (χ3v) is 1.73. The molecule has 0 spiro atoms. The molecule has 70 valence electrons. The van der Waals surface area contributed by atoms with E-state index in [9.17, 15) is 9.18 Å². The summed E-state index contributed by atoms with van der Waals surface area (Å²) in [4.78, 5) is 11.1. The van der Waals surface area contributed by atoms with Gasteiger partial charge in [0.1, 0.15) is 11.6 Å². The maximum atomic E-state index is 12.9. The summed E-state index contributed by atoms with van der Waals surface area (Å²) >= 11 is 0. The van der Waals surface area contributed by atoms with Crippen LogP contribution >= 0.6 is 0 Å². The minimum atomic E-state index is -0.606. The molecule has 3 nitrogen and oxygen atoms in total. The van der Waals surface area contributed by atoms with Crippen molar-refractivity contribution in [3.63, 3.8) is 0 Å². The first-order chi connectivity index (χ1) is 6.07. The molecule has 0 aliphatic heterocycles. The van der Waals surface area contributed by atoms with Gasteiger partial charge in [-0.05, 0) is 19.1 Å². The van der Waals surface area contributed by atoms with Gasteiger partial charge in [0.25, 0.3) is 0 Å². The zero-order valence-electron chi connectivity index (χ0n) is 7.43. The minimum Gasteiger partial charge on any atom is -0.496 e. The SMILES string of the molecule is COc1ccc(F)c(N)c1C(C)=O. The molecule has 0 aromatic heterocycles. The second-order valence-corrected chi connectivity index (χ2v) is 2.59. The molecule has 2 N–H and O–H groups in total. The molecule has 13 heavy (non-hydrogen) atoms. The Labute approximate surface area is 75.3 Å². The highest BCUT2D eigenvalue weighted by molar-refractivity contribution is 6.01. The Kier molecular flexibility index (Phi) is 2.51. The van der Waals surface area contributed by atoms with E-state index in [0.717, 1.165) is 0 Å². The van der Waals surface area contributed by atoms with Crippen LogP contribution in [0.1, 0.15) is 17.3 Å². The summed E-state index contributed by atoms with van der Waals surface area (Å²) in [7, 11) is 1.40. The predicted octanol–water partition coefficient (Wildman–Crippen LogP) is 1.62. The standard InChI is InChI=1S/C9H10FNO2/c1-5(12)8-7(13-2)4-3-6(10)9(8)11/h3-4H,11H2,1-2H3. The van der Waals surface area contributed by atoms with Gasteiger partial charge in [-0.2, -0.15) is 0 Å². The largest absolute Gasteiger partial charge is 0.496 e. The van der Waals surface area contributed by atoms with Crippen molar-refractivity contribution in [2.75, 3.05) is 12.8 Å². The highest BCUT2D eigenvalue weighted by atomic mass is 19.1. The number of Topliss-reactive ketones (excluding diaryl/α,β-unsaturated/α-hetero) is 1. The zero-order chi connectivity index (χ0) is 10.0. The van der Waals surface area contributed by atoms with E-state index in [-0.39, 0.29) is 17.0 Å². The van der Waals surface area contributed by atoms with Crippen LogP contribution in [0.3, 0.4) is 0 Å². The van der Waals surface area contributed by atoms with Gasteiger partial charge in [0.2, 0.25) is 0 Å². The van der Waals surface area contributed by atoms with Crippen LogP contribution in [-0.4, -0.2) is 12.9 Å². The maximum absolute atomic E-state index is 12.9. The molecule has 0 aliphatic carbocycles. The lowest BCUT2D eigenvalue weighted by atomic mass is 10.1. The smallest absolute Gasteiger partial charge is 0.165 e. The third kappa shape index (κ3) is 1.61. The first kappa shape index (κ1) is 9.51. The van der Waals surface area contributed by atoms with Crippen molar-refractivity contribution in [2.24, 2.45) is 0 Å². The van der Waals surface area contributed by atoms with Gasteiger partial charge in [-0.15, -0.1) is 0 Å². The van der Waals surface area contributed by atoms with Crippen LogP contribution in [0.25, 0.3) is 0 Å². The Hall–Kier alpha value is -1.58. The number of nitrogens with two attached hydrogens (primary N) is 1. The Morgan fingerprint density at radius 1 is 1.54 bits per heavy atom. The molecule has 0 amide bonds. The topological polar surface area (TPSA) is 52.3 Å². The van der Waals surface area contributed by atoms with E-state index in [1.165, 1.54) is 26.2 Å². The lowest BCUT2D eigenvalue weighted by Crippen LogP contribution is -2.05. The van der Waals surface area contributed by atoms with Crippen LogP contribution in [-0.2, 0) is 0 Å². The lowest BCUT2D eigenvalue weighted by Gasteiger charge is -2.08. The van der Waals surface area contributed by atoms with Crippen molar-refractivity contribution in [1.29, 1.82) is 0 Å².